The van der Waals surface area contributed by atoms with Gasteiger partial charge in [0.25, 0.3) is 0 Å². The fraction of sp³-hybridized carbons (Fsp3) is 0.529. The van der Waals surface area contributed by atoms with E-state index in [0.717, 1.165) is 21.4 Å². The van der Waals surface area contributed by atoms with E-state index in [0.29, 0.717) is 13.0 Å². The number of aromatic nitrogens is 1. The van der Waals surface area contributed by atoms with Crippen LogP contribution in [-0.2, 0) is 15.9 Å². The molecule has 0 radical (unpaired) electrons. The highest BCUT2D eigenvalue weighted by Gasteiger charge is 2.12. The number of fused-ring (bicyclic) bond motifs is 1. The van der Waals surface area contributed by atoms with Gasteiger partial charge in [-0.3, -0.25) is 4.90 Å². The summed E-state index contributed by atoms with van der Waals surface area (Å²) < 4.78 is 57.0. The van der Waals surface area contributed by atoms with Crippen molar-refractivity contribution in [2.45, 2.75) is 24.5 Å². The lowest BCUT2D eigenvalue weighted by atomic mass is 10.1. The molecule has 0 aliphatic rings. The Balaban J connectivity index is 1.95. The van der Waals surface area contributed by atoms with Gasteiger partial charge in [0.2, 0.25) is 0 Å². The van der Waals surface area contributed by atoms with Gasteiger partial charge in [-0.2, -0.15) is 17.6 Å². The summed E-state index contributed by atoms with van der Waals surface area (Å²) in [6, 6.07) is 6.13. The molecule has 1 N–H and O–H groups in total. The van der Waals surface area contributed by atoms with E-state index in [4.69, 9.17) is 0 Å². The summed E-state index contributed by atoms with van der Waals surface area (Å²) in [5, 5.41) is 1.10. The second-order valence-corrected chi connectivity index (χ2v) is 6.46. The van der Waals surface area contributed by atoms with Crippen LogP contribution < -0.4 is 0 Å². The van der Waals surface area contributed by atoms with Gasteiger partial charge in [-0.05, 0) is 36.4 Å². The molecule has 9 heteroatoms. The zero-order valence-corrected chi connectivity index (χ0v) is 15.2. The van der Waals surface area contributed by atoms with Crippen molar-refractivity contribution in [3.63, 3.8) is 0 Å². The Bertz CT molecular complexity index is 655. The quantitative estimate of drug-likeness (QED) is 0.432. The molecule has 2 aromatic rings. The molecule has 2 rings (SSSR count). The number of aromatic amines is 1. The van der Waals surface area contributed by atoms with Crippen molar-refractivity contribution in [1.82, 2.24) is 9.88 Å². The Labute approximate surface area is 153 Å². The molecule has 0 bridgehead atoms. The molecule has 1 aromatic carbocycles. The van der Waals surface area contributed by atoms with Crippen molar-refractivity contribution in [3.8, 4) is 0 Å². The summed E-state index contributed by atoms with van der Waals surface area (Å²) in [6.07, 6.45) is 4.57. The number of halogens is 4. The monoisotopic (exact) mass is 394 g/mol. The first-order valence-electron chi connectivity index (χ1n) is 8.15. The van der Waals surface area contributed by atoms with Crippen molar-refractivity contribution in [1.29, 1.82) is 0 Å². The molecular formula is C17H22F4N2O2S. The molecule has 0 saturated carbocycles. The SMILES string of the molecule is CSc1ccc2[nH]cc(CCN(CCOC(F)F)CCOC(F)F)c2c1. The van der Waals surface area contributed by atoms with E-state index < -0.39 is 13.2 Å². The maximum absolute atomic E-state index is 12.1. The summed E-state index contributed by atoms with van der Waals surface area (Å²) >= 11 is 1.65. The number of ether oxygens (including phenoxy) is 2. The van der Waals surface area contributed by atoms with E-state index in [1.165, 1.54) is 0 Å². The number of thioether (sulfide) groups is 1. The number of nitrogens with zero attached hydrogens (tertiary/aromatic N) is 1. The van der Waals surface area contributed by atoms with Crippen LogP contribution in [0.25, 0.3) is 10.9 Å². The van der Waals surface area contributed by atoms with Gasteiger partial charge in [0.05, 0.1) is 13.2 Å². The Kier molecular flexibility index (Phi) is 8.70. The Morgan fingerprint density at radius 2 is 1.69 bits per heavy atom. The third-order valence-corrected chi connectivity index (χ3v) is 4.70. The average molecular weight is 394 g/mol. The fourth-order valence-electron chi connectivity index (χ4n) is 2.65. The Hall–Kier alpha value is -1.29. The van der Waals surface area contributed by atoms with Gasteiger partial charge < -0.3 is 14.5 Å². The van der Waals surface area contributed by atoms with Gasteiger partial charge >= 0.3 is 13.2 Å². The first-order chi connectivity index (χ1) is 12.5. The summed E-state index contributed by atoms with van der Waals surface area (Å²) in [4.78, 5) is 6.13. The number of hydrogen-bond donors (Lipinski definition) is 1. The minimum atomic E-state index is -2.84. The van der Waals surface area contributed by atoms with Gasteiger partial charge in [-0.15, -0.1) is 11.8 Å². The van der Waals surface area contributed by atoms with Gasteiger partial charge in [-0.25, -0.2) is 0 Å². The number of benzene rings is 1. The highest BCUT2D eigenvalue weighted by molar-refractivity contribution is 7.98. The first kappa shape index (κ1) is 21.0. The van der Waals surface area contributed by atoms with E-state index in [9.17, 15) is 17.6 Å². The molecule has 0 amide bonds. The highest BCUT2D eigenvalue weighted by atomic mass is 32.2. The van der Waals surface area contributed by atoms with Gasteiger partial charge in [0.1, 0.15) is 0 Å². The topological polar surface area (TPSA) is 37.5 Å². The molecule has 0 spiro atoms. The maximum Gasteiger partial charge on any atom is 0.345 e. The molecule has 1 aromatic heterocycles. The minimum Gasteiger partial charge on any atom is -0.361 e. The van der Waals surface area contributed by atoms with Gasteiger partial charge in [0, 0.05) is 41.6 Å². The molecule has 1 heterocycles. The van der Waals surface area contributed by atoms with Crippen LogP contribution in [0, 0.1) is 0 Å². The molecule has 0 aliphatic carbocycles. The molecule has 0 saturated heterocycles. The molecule has 0 unspecified atom stereocenters. The Morgan fingerprint density at radius 3 is 2.27 bits per heavy atom. The van der Waals surface area contributed by atoms with Crippen LogP contribution >= 0.6 is 11.8 Å². The Morgan fingerprint density at radius 1 is 1.04 bits per heavy atom. The van der Waals surface area contributed by atoms with E-state index >= 15 is 0 Å². The average Bonchev–Trinajstić information content (AvgIpc) is 3.00. The normalized spacial score (nSPS) is 12.2. The highest BCUT2D eigenvalue weighted by Crippen LogP contribution is 2.24. The van der Waals surface area contributed by atoms with Crippen LogP contribution in [0.1, 0.15) is 5.56 Å². The lowest BCUT2D eigenvalue weighted by Gasteiger charge is -2.22. The van der Waals surface area contributed by atoms with Crippen LogP contribution in [0.2, 0.25) is 0 Å². The van der Waals surface area contributed by atoms with Gasteiger partial charge in [0.15, 0.2) is 0 Å². The summed E-state index contributed by atoms with van der Waals surface area (Å²) in [5.74, 6) is 0. The largest absolute Gasteiger partial charge is 0.361 e. The van der Waals surface area contributed by atoms with Crippen molar-refractivity contribution in [2.24, 2.45) is 0 Å². The van der Waals surface area contributed by atoms with E-state index in [1.54, 1.807) is 16.7 Å². The lowest BCUT2D eigenvalue weighted by Crippen LogP contribution is -2.33. The van der Waals surface area contributed by atoms with Crippen LogP contribution in [-0.4, -0.2) is 62.2 Å². The molecule has 4 nitrogen and oxygen atoms in total. The smallest absolute Gasteiger partial charge is 0.345 e. The second kappa shape index (κ2) is 10.8. The first-order valence-corrected chi connectivity index (χ1v) is 9.38. The lowest BCUT2D eigenvalue weighted by molar-refractivity contribution is -0.139. The third-order valence-electron chi connectivity index (χ3n) is 3.97. The fourth-order valence-corrected chi connectivity index (χ4v) is 3.09. The number of hydrogen-bond acceptors (Lipinski definition) is 4. The molecule has 146 valence electrons. The maximum atomic E-state index is 12.1. The number of H-pyrrole nitrogens is 1. The van der Waals surface area contributed by atoms with Crippen molar-refractivity contribution in [2.75, 3.05) is 39.1 Å². The minimum absolute atomic E-state index is 0.170. The van der Waals surface area contributed by atoms with E-state index in [2.05, 4.69) is 20.5 Å². The van der Waals surface area contributed by atoms with Crippen LogP contribution in [0.5, 0.6) is 0 Å². The van der Waals surface area contributed by atoms with Gasteiger partial charge in [-0.1, -0.05) is 0 Å². The molecular weight excluding hydrogens is 372 g/mol. The summed E-state index contributed by atoms with van der Waals surface area (Å²) in [7, 11) is 0. The number of nitrogens with one attached hydrogen (secondary N) is 1. The standard InChI is InChI=1S/C17H22F4N2O2S/c1-26-13-2-3-15-14(10-13)12(11-22-15)4-5-23(6-8-24-16(18)19)7-9-25-17(20)21/h2-3,10-11,16-17,22H,4-9H2,1H3. The van der Waals surface area contributed by atoms with Crippen LogP contribution in [0.15, 0.2) is 29.3 Å². The molecule has 0 aliphatic heterocycles. The van der Waals surface area contributed by atoms with Crippen molar-refractivity contribution >= 4 is 22.7 Å². The van der Waals surface area contributed by atoms with Crippen LogP contribution in [0.4, 0.5) is 17.6 Å². The van der Waals surface area contributed by atoms with Crippen molar-refractivity contribution in [3.05, 3.63) is 30.0 Å². The van der Waals surface area contributed by atoms with Crippen molar-refractivity contribution < 1.29 is 27.0 Å². The van der Waals surface area contributed by atoms with E-state index in [-0.39, 0.29) is 26.3 Å². The molecule has 0 atom stereocenters. The number of alkyl halides is 4. The third kappa shape index (κ3) is 6.79. The van der Waals surface area contributed by atoms with E-state index in [1.807, 2.05) is 24.6 Å². The van der Waals surface area contributed by atoms with Crippen LogP contribution in [0.3, 0.4) is 0 Å². The predicted molar refractivity (Wildman–Crippen MR) is 94.1 cm³/mol. The zero-order valence-electron chi connectivity index (χ0n) is 14.4. The zero-order chi connectivity index (χ0) is 18.9. The second-order valence-electron chi connectivity index (χ2n) is 5.58. The summed E-state index contributed by atoms with van der Waals surface area (Å²) in [5.41, 5.74) is 2.11. The summed E-state index contributed by atoms with van der Waals surface area (Å²) in [6.45, 7) is -5.06. The predicted octanol–water partition coefficient (Wildman–Crippen LogP) is 4.21. The molecule has 0 fully saturated rings. The number of rotatable bonds is 12. The molecule has 26 heavy (non-hydrogen) atoms.